The van der Waals surface area contributed by atoms with Gasteiger partial charge in [0, 0.05) is 6.20 Å². The number of rotatable bonds is 2. The van der Waals surface area contributed by atoms with Crippen LogP contribution in [0.5, 0.6) is 0 Å². The van der Waals surface area contributed by atoms with Gasteiger partial charge in [-0.3, -0.25) is 0 Å². The number of aromatic nitrogens is 4. The van der Waals surface area contributed by atoms with Crippen LogP contribution in [0.15, 0.2) is 36.5 Å². The summed E-state index contributed by atoms with van der Waals surface area (Å²) < 4.78 is 0. The fourth-order valence-electron chi connectivity index (χ4n) is 1.57. The number of nitrogen functional groups attached to an aromatic ring is 1. The topological polar surface area (TPSA) is 98.8 Å². The van der Waals surface area contributed by atoms with Crippen LogP contribution < -0.4 is 10.6 Å². The zero-order valence-corrected chi connectivity index (χ0v) is 9.20. The number of nitrogens with one attached hydrogen (secondary N) is 1. The number of hydrogen-bond donors (Lipinski definition) is 2. The van der Waals surface area contributed by atoms with E-state index in [1.165, 1.54) is 12.3 Å². The quantitative estimate of drug-likeness (QED) is 0.642. The van der Waals surface area contributed by atoms with E-state index in [0.717, 1.165) is 4.85 Å². The molecule has 0 bridgehead atoms. The van der Waals surface area contributed by atoms with Crippen molar-refractivity contribution in [1.82, 2.24) is 20.1 Å². The number of hydrogen-bond acceptors (Lipinski definition) is 5. The molecule has 90 valence electrons. The Labute approximate surface area is 101 Å². The summed E-state index contributed by atoms with van der Waals surface area (Å²) >= 11 is 0. The number of aromatic amines is 1. The van der Waals surface area contributed by atoms with Gasteiger partial charge in [-0.05, 0) is 23.4 Å². The summed E-state index contributed by atoms with van der Waals surface area (Å²) in [5.41, 5.74) is 7.49. The van der Waals surface area contributed by atoms with Gasteiger partial charge in [0.05, 0.1) is 5.69 Å². The number of anilines is 1. The van der Waals surface area contributed by atoms with E-state index in [4.69, 9.17) is 10.6 Å². The molecule has 7 nitrogen and oxygen atoms in total. The molecule has 18 heavy (non-hydrogen) atoms. The van der Waals surface area contributed by atoms with Crippen LogP contribution in [0.2, 0.25) is 0 Å². The Bertz CT molecular complexity index is 715. The Morgan fingerprint density at radius 1 is 1.39 bits per heavy atom. The number of H-pyrrole nitrogens is 1. The average Bonchev–Trinajstić information content (AvgIpc) is 2.97. The Kier molecular flexibility index (Phi) is 2.23. The highest BCUT2D eigenvalue weighted by molar-refractivity contribution is 5.89. The van der Waals surface area contributed by atoms with Gasteiger partial charge in [-0.1, -0.05) is 17.0 Å². The maximum Gasteiger partial charge on any atom is 0.381 e. The minimum atomic E-state index is -0.581. The SMILES string of the molecule is Nc1c[nH]c(C(=O)On2nnc3ccccc32)c1. The van der Waals surface area contributed by atoms with Gasteiger partial charge in [0.2, 0.25) is 0 Å². The van der Waals surface area contributed by atoms with Crippen LogP contribution in [0.1, 0.15) is 10.5 Å². The lowest BCUT2D eigenvalue weighted by atomic mass is 10.3. The molecule has 0 saturated heterocycles. The molecule has 0 fully saturated rings. The highest BCUT2D eigenvalue weighted by atomic mass is 16.7. The summed E-state index contributed by atoms with van der Waals surface area (Å²) in [4.78, 5) is 20.6. The first kappa shape index (κ1) is 10.3. The molecule has 0 aliphatic carbocycles. The number of nitrogens with two attached hydrogens (primary N) is 1. The minimum Gasteiger partial charge on any atom is -0.397 e. The normalized spacial score (nSPS) is 10.7. The van der Waals surface area contributed by atoms with E-state index in [1.54, 1.807) is 12.1 Å². The van der Waals surface area contributed by atoms with Crippen molar-refractivity contribution in [1.29, 1.82) is 0 Å². The first-order chi connectivity index (χ1) is 8.74. The summed E-state index contributed by atoms with van der Waals surface area (Å²) in [7, 11) is 0. The van der Waals surface area contributed by atoms with Gasteiger partial charge in [-0.15, -0.1) is 5.10 Å². The molecular formula is C11H9N5O2. The van der Waals surface area contributed by atoms with Crippen LogP contribution in [0.25, 0.3) is 11.0 Å². The molecule has 0 aliphatic heterocycles. The first-order valence-corrected chi connectivity index (χ1v) is 5.21. The van der Waals surface area contributed by atoms with Crippen LogP contribution in [-0.4, -0.2) is 26.1 Å². The Balaban J connectivity index is 1.90. The maximum absolute atomic E-state index is 11.8. The third-order valence-electron chi connectivity index (χ3n) is 2.42. The van der Waals surface area contributed by atoms with Crippen LogP contribution in [0.3, 0.4) is 0 Å². The highest BCUT2D eigenvalue weighted by Crippen LogP contribution is 2.09. The van der Waals surface area contributed by atoms with E-state index in [0.29, 0.717) is 16.7 Å². The van der Waals surface area contributed by atoms with Crippen LogP contribution in [-0.2, 0) is 0 Å². The number of benzene rings is 1. The fraction of sp³-hybridized carbons (Fsp3) is 0. The van der Waals surface area contributed by atoms with Crippen molar-refractivity contribution in [2.24, 2.45) is 0 Å². The standard InChI is InChI=1S/C11H9N5O2/c12-7-5-9(13-6-7)11(17)18-16-10-4-2-1-3-8(10)14-15-16/h1-6,13H,12H2. The van der Waals surface area contributed by atoms with E-state index < -0.39 is 5.97 Å². The zero-order valence-electron chi connectivity index (χ0n) is 9.20. The molecule has 0 amide bonds. The molecule has 0 atom stereocenters. The smallest absolute Gasteiger partial charge is 0.381 e. The zero-order chi connectivity index (χ0) is 12.5. The van der Waals surface area contributed by atoms with Crippen molar-refractivity contribution >= 4 is 22.7 Å². The largest absolute Gasteiger partial charge is 0.397 e. The predicted molar refractivity (Wildman–Crippen MR) is 63.6 cm³/mol. The van der Waals surface area contributed by atoms with Gasteiger partial charge in [-0.2, -0.15) is 0 Å². The number of fused-ring (bicyclic) bond motifs is 1. The molecule has 1 aromatic carbocycles. The molecule has 0 spiro atoms. The van der Waals surface area contributed by atoms with Crippen molar-refractivity contribution < 1.29 is 9.63 Å². The molecule has 3 N–H and O–H groups in total. The molecule has 0 aliphatic rings. The fourth-order valence-corrected chi connectivity index (χ4v) is 1.57. The lowest BCUT2D eigenvalue weighted by Gasteiger charge is -2.00. The van der Waals surface area contributed by atoms with Crippen molar-refractivity contribution in [3.63, 3.8) is 0 Å². The number of para-hydroxylation sites is 1. The number of carbonyl (C=O) groups excluding carboxylic acids is 1. The van der Waals surface area contributed by atoms with Gasteiger partial charge in [0.15, 0.2) is 0 Å². The Morgan fingerprint density at radius 3 is 3.00 bits per heavy atom. The molecular weight excluding hydrogens is 234 g/mol. The third kappa shape index (κ3) is 1.67. The summed E-state index contributed by atoms with van der Waals surface area (Å²) in [5, 5.41) is 7.62. The molecule has 0 unspecified atom stereocenters. The minimum absolute atomic E-state index is 0.257. The predicted octanol–water partition coefficient (Wildman–Crippen LogP) is 0.611. The second-order valence-corrected chi connectivity index (χ2v) is 3.68. The molecule has 2 heterocycles. The van der Waals surface area contributed by atoms with E-state index in [1.807, 2.05) is 12.1 Å². The lowest BCUT2D eigenvalue weighted by molar-refractivity contribution is 0.0403. The number of carbonyl (C=O) groups is 1. The molecule has 0 saturated carbocycles. The summed E-state index contributed by atoms with van der Waals surface area (Å²) in [6.07, 6.45) is 1.51. The monoisotopic (exact) mass is 243 g/mol. The molecule has 3 rings (SSSR count). The molecule has 3 aromatic rings. The molecule has 0 radical (unpaired) electrons. The molecule has 2 aromatic heterocycles. The van der Waals surface area contributed by atoms with Crippen molar-refractivity contribution in [3.05, 3.63) is 42.2 Å². The highest BCUT2D eigenvalue weighted by Gasteiger charge is 2.13. The van der Waals surface area contributed by atoms with Gasteiger partial charge in [-0.25, -0.2) is 4.79 Å². The van der Waals surface area contributed by atoms with Crippen molar-refractivity contribution in [2.45, 2.75) is 0 Å². The van der Waals surface area contributed by atoms with Crippen molar-refractivity contribution in [2.75, 3.05) is 5.73 Å². The summed E-state index contributed by atoms with van der Waals surface area (Å²) in [6.45, 7) is 0. The van der Waals surface area contributed by atoms with Gasteiger partial charge >= 0.3 is 5.97 Å². The van der Waals surface area contributed by atoms with E-state index in [9.17, 15) is 4.79 Å². The van der Waals surface area contributed by atoms with E-state index in [-0.39, 0.29) is 5.69 Å². The lowest BCUT2D eigenvalue weighted by Crippen LogP contribution is -2.21. The second-order valence-electron chi connectivity index (χ2n) is 3.68. The number of nitrogens with zero attached hydrogens (tertiary/aromatic N) is 3. The first-order valence-electron chi connectivity index (χ1n) is 5.21. The van der Waals surface area contributed by atoms with Crippen LogP contribution in [0, 0.1) is 0 Å². The summed E-state index contributed by atoms with van der Waals surface area (Å²) in [5.74, 6) is -0.581. The van der Waals surface area contributed by atoms with Crippen molar-refractivity contribution in [3.8, 4) is 0 Å². The van der Waals surface area contributed by atoms with Gasteiger partial charge < -0.3 is 15.6 Å². The average molecular weight is 243 g/mol. The van der Waals surface area contributed by atoms with Gasteiger partial charge in [0.1, 0.15) is 16.7 Å². The van der Waals surface area contributed by atoms with E-state index >= 15 is 0 Å². The second kappa shape index (κ2) is 3.88. The Morgan fingerprint density at radius 2 is 2.22 bits per heavy atom. The van der Waals surface area contributed by atoms with E-state index in [2.05, 4.69) is 15.3 Å². The maximum atomic E-state index is 11.8. The molecule has 7 heteroatoms. The Hall–Kier alpha value is -2.83. The summed E-state index contributed by atoms with van der Waals surface area (Å²) in [6, 6.07) is 8.66. The van der Waals surface area contributed by atoms with Crippen LogP contribution in [0.4, 0.5) is 5.69 Å². The third-order valence-corrected chi connectivity index (χ3v) is 2.42. The van der Waals surface area contributed by atoms with Crippen LogP contribution >= 0.6 is 0 Å². The van der Waals surface area contributed by atoms with Gasteiger partial charge in [0.25, 0.3) is 0 Å².